The van der Waals surface area contributed by atoms with Crippen molar-refractivity contribution in [1.82, 2.24) is 4.90 Å². The molecule has 0 atom stereocenters. The molecule has 0 saturated heterocycles. The normalized spacial score (nSPS) is 14.2. The summed E-state index contributed by atoms with van der Waals surface area (Å²) in [6.07, 6.45) is 1.54. The molecule has 3 aromatic rings. The van der Waals surface area contributed by atoms with Crippen LogP contribution in [0.3, 0.4) is 0 Å². The third kappa shape index (κ3) is 3.16. The summed E-state index contributed by atoms with van der Waals surface area (Å²) in [5.74, 6) is 0.769. The molecule has 1 aliphatic rings. The highest BCUT2D eigenvalue weighted by Gasteiger charge is 2.22. The van der Waals surface area contributed by atoms with Crippen LogP contribution >= 0.6 is 15.9 Å². The Morgan fingerprint density at radius 3 is 2.77 bits per heavy atom. The van der Waals surface area contributed by atoms with E-state index in [0.29, 0.717) is 36.4 Å². The Morgan fingerprint density at radius 1 is 1.19 bits per heavy atom. The molecule has 2 heterocycles. The van der Waals surface area contributed by atoms with Crippen molar-refractivity contribution >= 4 is 26.9 Å². The van der Waals surface area contributed by atoms with Crippen LogP contribution in [0.25, 0.3) is 22.1 Å². The van der Waals surface area contributed by atoms with Gasteiger partial charge in [0.1, 0.15) is 24.3 Å². The first-order valence-corrected chi connectivity index (χ1v) is 9.14. The van der Waals surface area contributed by atoms with Crippen LogP contribution in [0.2, 0.25) is 0 Å². The van der Waals surface area contributed by atoms with Gasteiger partial charge in [-0.05, 0) is 29.8 Å². The van der Waals surface area contributed by atoms with Crippen molar-refractivity contribution in [3.63, 3.8) is 0 Å². The summed E-state index contributed by atoms with van der Waals surface area (Å²) in [6.45, 7) is 2.55. The van der Waals surface area contributed by atoms with E-state index in [-0.39, 0.29) is 5.43 Å². The van der Waals surface area contributed by atoms with Gasteiger partial charge in [-0.3, -0.25) is 9.69 Å². The van der Waals surface area contributed by atoms with Gasteiger partial charge in [0.25, 0.3) is 0 Å². The zero-order valence-electron chi connectivity index (χ0n) is 14.3. The Bertz CT molecular complexity index is 997. The van der Waals surface area contributed by atoms with Crippen molar-refractivity contribution < 1.29 is 13.9 Å². The van der Waals surface area contributed by atoms with E-state index in [1.165, 1.54) is 0 Å². The molecule has 1 aliphatic heterocycles. The third-order valence-electron chi connectivity index (χ3n) is 4.55. The molecule has 2 aromatic carbocycles. The van der Waals surface area contributed by atoms with Crippen molar-refractivity contribution in [2.75, 3.05) is 27.0 Å². The van der Waals surface area contributed by atoms with Crippen LogP contribution in [0.5, 0.6) is 5.75 Å². The van der Waals surface area contributed by atoms with E-state index in [4.69, 9.17) is 13.9 Å². The van der Waals surface area contributed by atoms with Crippen LogP contribution in [-0.2, 0) is 11.3 Å². The molecule has 134 valence electrons. The van der Waals surface area contributed by atoms with Crippen molar-refractivity contribution in [1.29, 1.82) is 0 Å². The Hall–Kier alpha value is -2.15. The Morgan fingerprint density at radius 2 is 2.00 bits per heavy atom. The maximum atomic E-state index is 13.0. The number of hydrogen-bond donors (Lipinski definition) is 0. The quantitative estimate of drug-likeness (QED) is 0.643. The molecule has 1 aromatic heterocycles. The zero-order chi connectivity index (χ0) is 18.1. The fraction of sp³-hybridized carbons (Fsp3) is 0.250. The first-order chi connectivity index (χ1) is 12.7. The lowest BCUT2D eigenvalue weighted by Gasteiger charge is -2.28. The average molecular weight is 416 g/mol. The number of halogens is 1. The third-order valence-corrected chi connectivity index (χ3v) is 5.08. The number of methoxy groups -OCH3 is 1. The standard InChI is InChI=1S/C20H18BrNO4/c1-24-9-8-22-10-16-18(26-12-22)7-6-15-19(23)17(11-25-20(15)16)13-2-4-14(21)5-3-13/h2-7,11H,8-10,12H2,1H3. The average Bonchev–Trinajstić information content (AvgIpc) is 2.67. The Labute approximate surface area is 159 Å². The number of fused-ring (bicyclic) bond motifs is 3. The fourth-order valence-corrected chi connectivity index (χ4v) is 3.41. The van der Waals surface area contributed by atoms with Crippen LogP contribution in [0.4, 0.5) is 0 Å². The van der Waals surface area contributed by atoms with Gasteiger partial charge in [-0.2, -0.15) is 0 Å². The van der Waals surface area contributed by atoms with E-state index < -0.39 is 0 Å². The summed E-state index contributed by atoms with van der Waals surface area (Å²) < 4.78 is 17.8. The molecule has 0 amide bonds. The lowest BCUT2D eigenvalue weighted by Crippen LogP contribution is -2.34. The van der Waals surface area contributed by atoms with Gasteiger partial charge in [0.15, 0.2) is 0 Å². The molecule has 0 N–H and O–H groups in total. The van der Waals surface area contributed by atoms with E-state index in [2.05, 4.69) is 20.8 Å². The molecule has 5 nitrogen and oxygen atoms in total. The summed E-state index contributed by atoms with van der Waals surface area (Å²) >= 11 is 3.41. The van der Waals surface area contributed by atoms with E-state index in [9.17, 15) is 4.79 Å². The molecule has 0 bridgehead atoms. The van der Waals surface area contributed by atoms with Gasteiger partial charge in [-0.25, -0.2) is 0 Å². The number of hydrogen-bond acceptors (Lipinski definition) is 5. The molecule has 26 heavy (non-hydrogen) atoms. The largest absolute Gasteiger partial charge is 0.478 e. The minimum absolute atomic E-state index is 0.0367. The van der Waals surface area contributed by atoms with Gasteiger partial charge >= 0.3 is 0 Å². The number of nitrogens with zero attached hydrogens (tertiary/aromatic N) is 1. The number of ether oxygens (including phenoxy) is 2. The zero-order valence-corrected chi connectivity index (χ0v) is 15.9. The highest BCUT2D eigenvalue weighted by Crippen LogP contribution is 2.32. The van der Waals surface area contributed by atoms with E-state index >= 15 is 0 Å². The second-order valence-corrected chi connectivity index (χ2v) is 7.14. The summed E-state index contributed by atoms with van der Waals surface area (Å²) in [4.78, 5) is 15.1. The second-order valence-electron chi connectivity index (χ2n) is 6.22. The fourth-order valence-electron chi connectivity index (χ4n) is 3.15. The maximum Gasteiger partial charge on any atom is 0.200 e. The van der Waals surface area contributed by atoms with Gasteiger partial charge in [0.2, 0.25) is 5.43 Å². The summed E-state index contributed by atoms with van der Waals surface area (Å²) in [6, 6.07) is 11.3. The minimum atomic E-state index is -0.0367. The van der Waals surface area contributed by atoms with Crippen molar-refractivity contribution in [3.8, 4) is 16.9 Å². The number of rotatable bonds is 4. The second kappa shape index (κ2) is 7.23. The van der Waals surface area contributed by atoms with Crippen molar-refractivity contribution in [2.24, 2.45) is 0 Å². The molecular weight excluding hydrogens is 398 g/mol. The molecule has 0 saturated carbocycles. The van der Waals surface area contributed by atoms with Crippen LogP contribution in [0.1, 0.15) is 5.56 Å². The topological polar surface area (TPSA) is 51.9 Å². The molecule has 0 fully saturated rings. The predicted octanol–water partition coefficient (Wildman–Crippen LogP) is 4.02. The van der Waals surface area contributed by atoms with Gasteiger partial charge in [-0.1, -0.05) is 28.1 Å². The molecular formula is C20H18BrNO4. The Balaban J connectivity index is 1.78. The monoisotopic (exact) mass is 415 g/mol. The van der Waals surface area contributed by atoms with E-state index in [0.717, 1.165) is 27.9 Å². The predicted molar refractivity (Wildman–Crippen MR) is 103 cm³/mol. The lowest BCUT2D eigenvalue weighted by atomic mass is 10.0. The SMILES string of the molecule is COCCN1COc2ccc3c(=O)c(-c4ccc(Br)cc4)coc3c2C1. The van der Waals surface area contributed by atoms with Gasteiger partial charge in [0.05, 0.1) is 23.1 Å². The number of benzene rings is 2. The molecule has 0 spiro atoms. The van der Waals surface area contributed by atoms with Crippen molar-refractivity contribution in [3.05, 3.63) is 62.9 Å². The highest BCUT2D eigenvalue weighted by molar-refractivity contribution is 9.10. The molecule has 0 radical (unpaired) electrons. The van der Waals surface area contributed by atoms with Crippen LogP contribution in [0.15, 0.2) is 56.3 Å². The van der Waals surface area contributed by atoms with Crippen LogP contribution in [-0.4, -0.2) is 31.9 Å². The highest BCUT2D eigenvalue weighted by atomic mass is 79.9. The smallest absolute Gasteiger partial charge is 0.200 e. The Kier molecular flexibility index (Phi) is 4.80. The van der Waals surface area contributed by atoms with E-state index in [1.807, 2.05) is 30.3 Å². The maximum absolute atomic E-state index is 13.0. The molecule has 4 rings (SSSR count). The first kappa shape index (κ1) is 17.3. The van der Waals surface area contributed by atoms with Gasteiger partial charge in [-0.15, -0.1) is 0 Å². The minimum Gasteiger partial charge on any atom is -0.478 e. The van der Waals surface area contributed by atoms with Crippen LogP contribution in [0, 0.1) is 0 Å². The van der Waals surface area contributed by atoms with E-state index in [1.54, 1.807) is 19.4 Å². The summed E-state index contributed by atoms with van der Waals surface area (Å²) in [5.41, 5.74) is 2.85. The van der Waals surface area contributed by atoms with Crippen LogP contribution < -0.4 is 10.2 Å². The summed E-state index contributed by atoms with van der Waals surface area (Å²) in [7, 11) is 1.68. The van der Waals surface area contributed by atoms with Crippen molar-refractivity contribution in [2.45, 2.75) is 6.54 Å². The molecule has 0 aliphatic carbocycles. The first-order valence-electron chi connectivity index (χ1n) is 8.35. The van der Waals surface area contributed by atoms with Gasteiger partial charge < -0.3 is 13.9 Å². The molecule has 0 unspecified atom stereocenters. The summed E-state index contributed by atoms with van der Waals surface area (Å²) in [5, 5.41) is 0.571. The van der Waals surface area contributed by atoms with Gasteiger partial charge in [0, 0.05) is 24.7 Å². The lowest BCUT2D eigenvalue weighted by molar-refractivity contribution is 0.0658. The molecule has 6 heteroatoms.